The molecule has 126 valence electrons. The molecule has 2 aliphatic carbocycles. The van der Waals surface area contributed by atoms with E-state index in [4.69, 9.17) is 4.74 Å². The first-order valence-corrected chi connectivity index (χ1v) is 8.22. The molecule has 0 unspecified atom stereocenters. The summed E-state index contributed by atoms with van der Waals surface area (Å²) in [4.78, 5) is 42.2. The van der Waals surface area contributed by atoms with Crippen LogP contribution in [0.1, 0.15) is 77.2 Å². The molecule has 0 spiro atoms. The number of allylic oxidation sites excluding steroid dienone is 1. The normalized spacial score (nSPS) is 19.2. The Labute approximate surface area is 141 Å². The first-order chi connectivity index (χ1) is 11.2. The largest absolute Gasteiger partial charge is 0.462 e. The van der Waals surface area contributed by atoms with Gasteiger partial charge in [0.1, 0.15) is 0 Å². The highest BCUT2D eigenvalue weighted by Crippen LogP contribution is 2.49. The third kappa shape index (κ3) is 2.22. The molecular weight excluding hydrogens is 306 g/mol. The van der Waals surface area contributed by atoms with Crippen molar-refractivity contribution in [2.24, 2.45) is 5.41 Å². The second-order valence-electron chi connectivity index (χ2n) is 6.97. The van der Waals surface area contributed by atoms with Crippen LogP contribution in [-0.4, -0.2) is 29.1 Å². The Hall–Kier alpha value is -2.30. The number of hydrogen-bond acceptors (Lipinski definition) is 5. The molecular formula is C19H21NO4. The van der Waals surface area contributed by atoms with Gasteiger partial charge in [0.15, 0.2) is 0 Å². The topological polar surface area (TPSA) is 73.3 Å². The molecule has 0 aromatic carbocycles. The van der Waals surface area contributed by atoms with Crippen molar-refractivity contribution < 1.29 is 19.1 Å². The van der Waals surface area contributed by atoms with Crippen molar-refractivity contribution in [3.63, 3.8) is 0 Å². The van der Waals surface area contributed by atoms with Crippen molar-refractivity contribution in [1.82, 2.24) is 4.98 Å². The number of pyridine rings is 1. The number of ketones is 2. The molecule has 24 heavy (non-hydrogen) atoms. The van der Waals surface area contributed by atoms with E-state index in [2.05, 4.69) is 11.6 Å². The van der Waals surface area contributed by atoms with E-state index in [1.165, 1.54) is 0 Å². The number of Topliss-reactive ketones (excluding diaryl/α,β-unsaturated/α-hetero) is 2. The third-order valence-corrected chi connectivity index (χ3v) is 4.92. The number of hydrogen-bond donors (Lipinski definition) is 0. The minimum Gasteiger partial charge on any atom is -0.462 e. The fourth-order valence-corrected chi connectivity index (χ4v) is 3.25. The van der Waals surface area contributed by atoms with E-state index >= 15 is 0 Å². The fourth-order valence-electron chi connectivity index (χ4n) is 3.25. The van der Waals surface area contributed by atoms with Crippen LogP contribution in [0.2, 0.25) is 0 Å². The molecule has 5 nitrogen and oxygen atoms in total. The summed E-state index contributed by atoms with van der Waals surface area (Å²) in [5, 5.41) is 0. The predicted octanol–water partition coefficient (Wildman–Crippen LogP) is 3.25. The third-order valence-electron chi connectivity index (χ3n) is 4.92. The quantitative estimate of drug-likeness (QED) is 0.629. The van der Waals surface area contributed by atoms with Crippen LogP contribution in [0.3, 0.4) is 0 Å². The average Bonchev–Trinajstić information content (AvgIpc) is 3.35. The van der Waals surface area contributed by atoms with Gasteiger partial charge in [0, 0.05) is 0 Å². The van der Waals surface area contributed by atoms with E-state index in [1.54, 1.807) is 27.7 Å². The number of fused-ring (bicyclic) bond motifs is 1. The van der Waals surface area contributed by atoms with Crippen LogP contribution >= 0.6 is 0 Å². The van der Waals surface area contributed by atoms with Crippen LogP contribution in [0.25, 0.3) is 5.57 Å². The van der Waals surface area contributed by atoms with E-state index in [0.29, 0.717) is 28.1 Å². The molecule has 0 atom stereocenters. The number of ether oxygens (including phenoxy) is 1. The molecule has 1 aromatic rings. The zero-order valence-electron chi connectivity index (χ0n) is 14.5. The van der Waals surface area contributed by atoms with Crippen LogP contribution in [0.15, 0.2) is 6.58 Å². The lowest BCUT2D eigenvalue weighted by Crippen LogP contribution is -2.39. The van der Waals surface area contributed by atoms with Crippen molar-refractivity contribution in [3.05, 3.63) is 34.7 Å². The first kappa shape index (κ1) is 16.6. The van der Waals surface area contributed by atoms with E-state index in [0.717, 1.165) is 12.8 Å². The van der Waals surface area contributed by atoms with Gasteiger partial charge in [-0.25, -0.2) is 4.79 Å². The van der Waals surface area contributed by atoms with Crippen LogP contribution < -0.4 is 0 Å². The Balaban J connectivity index is 2.33. The Morgan fingerprint density at radius 1 is 1.33 bits per heavy atom. The maximum atomic E-state index is 12.8. The zero-order valence-corrected chi connectivity index (χ0v) is 14.5. The minimum absolute atomic E-state index is 0.102. The van der Waals surface area contributed by atoms with E-state index in [9.17, 15) is 14.4 Å². The summed E-state index contributed by atoms with van der Waals surface area (Å²) in [6.45, 7) is 11.1. The Kier molecular flexibility index (Phi) is 3.70. The van der Waals surface area contributed by atoms with E-state index in [-0.39, 0.29) is 18.1 Å². The summed E-state index contributed by atoms with van der Waals surface area (Å²) in [6, 6.07) is 0. The molecule has 1 aromatic heterocycles. The Morgan fingerprint density at radius 2 is 1.96 bits per heavy atom. The highest BCUT2D eigenvalue weighted by atomic mass is 16.5. The summed E-state index contributed by atoms with van der Waals surface area (Å²) in [6.07, 6.45) is 1.78. The lowest BCUT2D eigenvalue weighted by Gasteiger charge is -2.32. The van der Waals surface area contributed by atoms with Gasteiger partial charge >= 0.3 is 5.97 Å². The Bertz CT molecular complexity index is 800. The molecule has 5 heteroatoms. The van der Waals surface area contributed by atoms with Crippen LogP contribution in [0.5, 0.6) is 0 Å². The summed E-state index contributed by atoms with van der Waals surface area (Å²) in [5.74, 6) is -1.45. The van der Waals surface area contributed by atoms with Gasteiger partial charge < -0.3 is 4.74 Å². The van der Waals surface area contributed by atoms with Crippen molar-refractivity contribution in [3.8, 4) is 0 Å². The summed E-state index contributed by atoms with van der Waals surface area (Å²) in [7, 11) is 0. The average molecular weight is 327 g/mol. The fraction of sp³-hybridized carbons (Fsp3) is 0.474. The van der Waals surface area contributed by atoms with Gasteiger partial charge in [0.25, 0.3) is 0 Å². The Morgan fingerprint density at radius 3 is 2.50 bits per heavy atom. The number of carbonyl (C=O) groups is 3. The van der Waals surface area contributed by atoms with Crippen molar-refractivity contribution in [2.75, 3.05) is 6.61 Å². The monoisotopic (exact) mass is 327 g/mol. The van der Waals surface area contributed by atoms with E-state index < -0.39 is 23.0 Å². The first-order valence-electron chi connectivity index (χ1n) is 8.22. The summed E-state index contributed by atoms with van der Waals surface area (Å²) < 4.78 is 5.15. The van der Waals surface area contributed by atoms with Gasteiger partial charge in [0.2, 0.25) is 11.6 Å². The number of esters is 1. The maximum Gasteiger partial charge on any atom is 0.340 e. The standard InChI is InChI=1S/C19H21NO4/c1-6-24-18(23)12-10(3)20-15-9(2)19(4,5)17(22)16(21)14(15)13(12)11-7-8-11/h11H,2,6-8H2,1,3-5H3. The lowest BCUT2D eigenvalue weighted by atomic mass is 9.69. The van der Waals surface area contributed by atoms with Crippen LogP contribution in [-0.2, 0) is 9.53 Å². The smallest absolute Gasteiger partial charge is 0.340 e. The summed E-state index contributed by atoms with van der Waals surface area (Å²) >= 11 is 0. The summed E-state index contributed by atoms with van der Waals surface area (Å²) in [5.41, 5.74) is 1.77. The molecule has 0 amide bonds. The number of nitrogens with zero attached hydrogens (tertiary/aromatic N) is 1. The highest BCUT2D eigenvalue weighted by Gasteiger charge is 2.47. The second-order valence-corrected chi connectivity index (χ2v) is 6.97. The van der Waals surface area contributed by atoms with Crippen molar-refractivity contribution in [1.29, 1.82) is 0 Å². The van der Waals surface area contributed by atoms with Gasteiger partial charge in [-0.05, 0) is 57.6 Å². The lowest BCUT2D eigenvalue weighted by molar-refractivity contribution is -0.120. The van der Waals surface area contributed by atoms with Gasteiger partial charge in [-0.3, -0.25) is 14.6 Å². The predicted molar refractivity (Wildman–Crippen MR) is 89.1 cm³/mol. The highest BCUT2D eigenvalue weighted by molar-refractivity contribution is 6.49. The molecule has 0 aliphatic heterocycles. The van der Waals surface area contributed by atoms with Gasteiger partial charge in [-0.2, -0.15) is 0 Å². The maximum absolute atomic E-state index is 12.8. The number of carbonyl (C=O) groups excluding carboxylic acids is 3. The van der Waals surface area contributed by atoms with Crippen molar-refractivity contribution in [2.45, 2.75) is 46.5 Å². The molecule has 0 radical (unpaired) electrons. The minimum atomic E-state index is -0.976. The molecule has 0 bridgehead atoms. The van der Waals surface area contributed by atoms with Crippen molar-refractivity contribution >= 4 is 23.1 Å². The van der Waals surface area contributed by atoms with Gasteiger partial charge in [-0.15, -0.1) is 0 Å². The van der Waals surface area contributed by atoms with Crippen LogP contribution in [0.4, 0.5) is 0 Å². The molecule has 0 saturated heterocycles. The van der Waals surface area contributed by atoms with Gasteiger partial charge in [-0.1, -0.05) is 6.58 Å². The number of rotatable bonds is 3. The molecule has 1 saturated carbocycles. The zero-order chi connectivity index (χ0) is 17.8. The molecule has 1 heterocycles. The molecule has 3 rings (SSSR count). The number of aryl methyl sites for hydroxylation is 1. The SMILES string of the molecule is C=C1c2nc(C)c(C(=O)OCC)c(C3CC3)c2C(=O)C(=O)C1(C)C. The molecule has 2 aliphatic rings. The van der Waals surface area contributed by atoms with Gasteiger partial charge in [0.05, 0.1) is 34.5 Å². The second kappa shape index (κ2) is 5.36. The molecule has 1 fully saturated rings. The number of aromatic nitrogens is 1. The molecule has 0 N–H and O–H groups in total. The van der Waals surface area contributed by atoms with Crippen LogP contribution in [0, 0.1) is 12.3 Å². The van der Waals surface area contributed by atoms with E-state index in [1.807, 2.05) is 0 Å².